The van der Waals surface area contributed by atoms with Gasteiger partial charge in [-0.05, 0) is 43.4 Å². The van der Waals surface area contributed by atoms with Crippen LogP contribution in [0.15, 0.2) is 35.6 Å². The van der Waals surface area contributed by atoms with Crippen molar-refractivity contribution in [2.75, 3.05) is 19.6 Å². The van der Waals surface area contributed by atoms with E-state index in [0.717, 1.165) is 30.8 Å². The molecule has 0 bridgehead atoms. The number of halogens is 1. The Labute approximate surface area is 191 Å². The number of likely N-dealkylation sites (tertiary alicyclic amines) is 1. The smallest absolute Gasteiger partial charge is 0.191 e. The summed E-state index contributed by atoms with van der Waals surface area (Å²) in [6.45, 7) is 9.91. The van der Waals surface area contributed by atoms with Gasteiger partial charge in [0.05, 0.1) is 13.1 Å². The molecular formula is C21H34IN7. The zero-order valence-corrected chi connectivity index (χ0v) is 20.1. The highest BCUT2D eigenvalue weighted by molar-refractivity contribution is 14.0. The van der Waals surface area contributed by atoms with E-state index < -0.39 is 0 Å². The second-order valence-corrected chi connectivity index (χ2v) is 7.60. The van der Waals surface area contributed by atoms with Crippen molar-refractivity contribution < 1.29 is 0 Å². The summed E-state index contributed by atoms with van der Waals surface area (Å²) in [4.78, 5) is 11.6. The summed E-state index contributed by atoms with van der Waals surface area (Å²) in [6, 6.07) is 8.67. The highest BCUT2D eigenvalue weighted by Gasteiger charge is 2.17. The van der Waals surface area contributed by atoms with Crippen LogP contribution in [0.4, 0.5) is 0 Å². The third-order valence-corrected chi connectivity index (χ3v) is 5.22. The molecular weight excluding hydrogens is 477 g/mol. The maximum Gasteiger partial charge on any atom is 0.191 e. The zero-order chi connectivity index (χ0) is 19.8. The number of nitrogens with zero attached hydrogens (tertiary/aromatic N) is 5. The summed E-state index contributed by atoms with van der Waals surface area (Å²) >= 11 is 0. The summed E-state index contributed by atoms with van der Waals surface area (Å²) in [6.07, 6.45) is 4.22. The molecule has 1 fully saturated rings. The van der Waals surface area contributed by atoms with Crippen LogP contribution in [0.3, 0.4) is 0 Å². The van der Waals surface area contributed by atoms with Gasteiger partial charge in [0, 0.05) is 26.7 Å². The van der Waals surface area contributed by atoms with E-state index in [9.17, 15) is 0 Å². The standard InChI is InChI=1S/C21H33N7.HI/c1-4-22-21(24-13-20-25-16-26-27(20)3)23-12-18-9-5-6-10-19(18)15-28-11-7-8-17(2)14-28;/h5-6,9-10,16-17H,4,7-8,11-15H2,1-3H3,(H2,22,23,24);1H. The lowest BCUT2D eigenvalue weighted by Crippen LogP contribution is -2.37. The van der Waals surface area contributed by atoms with Crippen molar-refractivity contribution in [2.24, 2.45) is 18.0 Å². The second kappa shape index (κ2) is 12.1. The molecule has 2 N–H and O–H groups in total. The molecule has 0 spiro atoms. The second-order valence-electron chi connectivity index (χ2n) is 7.60. The Morgan fingerprint density at radius 3 is 2.72 bits per heavy atom. The lowest BCUT2D eigenvalue weighted by molar-refractivity contribution is 0.176. The molecule has 1 aromatic heterocycles. The molecule has 0 radical (unpaired) electrons. The van der Waals surface area contributed by atoms with Crippen molar-refractivity contribution >= 4 is 29.9 Å². The molecule has 7 nitrogen and oxygen atoms in total. The van der Waals surface area contributed by atoms with E-state index in [1.54, 1.807) is 11.0 Å². The Bertz CT molecular complexity index is 774. The normalized spacial score (nSPS) is 17.6. The van der Waals surface area contributed by atoms with Crippen molar-refractivity contribution in [2.45, 2.75) is 46.3 Å². The fourth-order valence-corrected chi connectivity index (χ4v) is 3.69. The predicted molar refractivity (Wildman–Crippen MR) is 128 cm³/mol. The Kier molecular flexibility index (Phi) is 9.86. The Morgan fingerprint density at radius 1 is 1.24 bits per heavy atom. The van der Waals surface area contributed by atoms with Gasteiger partial charge in [-0.2, -0.15) is 5.10 Å². The maximum absolute atomic E-state index is 4.80. The number of benzene rings is 1. The van der Waals surface area contributed by atoms with Gasteiger partial charge in [-0.1, -0.05) is 31.2 Å². The summed E-state index contributed by atoms with van der Waals surface area (Å²) in [5.74, 6) is 2.47. The molecule has 1 aromatic carbocycles. The van der Waals surface area contributed by atoms with E-state index in [-0.39, 0.29) is 24.0 Å². The van der Waals surface area contributed by atoms with Crippen LogP contribution < -0.4 is 10.6 Å². The number of nitrogens with one attached hydrogen (secondary N) is 2. The third-order valence-electron chi connectivity index (χ3n) is 5.22. The first-order valence-corrected chi connectivity index (χ1v) is 10.3. The van der Waals surface area contributed by atoms with Crippen molar-refractivity contribution in [3.05, 3.63) is 47.5 Å². The molecule has 160 valence electrons. The summed E-state index contributed by atoms with van der Waals surface area (Å²) in [5.41, 5.74) is 2.67. The predicted octanol–water partition coefficient (Wildman–Crippen LogP) is 2.92. The van der Waals surface area contributed by atoms with E-state index in [0.29, 0.717) is 13.1 Å². The van der Waals surface area contributed by atoms with Gasteiger partial charge in [0.2, 0.25) is 0 Å². The highest BCUT2D eigenvalue weighted by Crippen LogP contribution is 2.20. The molecule has 2 aromatic rings. The van der Waals surface area contributed by atoms with Gasteiger partial charge in [0.1, 0.15) is 12.2 Å². The van der Waals surface area contributed by atoms with Crippen LogP contribution in [0, 0.1) is 5.92 Å². The topological polar surface area (TPSA) is 70.4 Å². The van der Waals surface area contributed by atoms with Crippen LogP contribution >= 0.6 is 24.0 Å². The molecule has 0 aliphatic carbocycles. The number of hydrogen-bond donors (Lipinski definition) is 2. The summed E-state index contributed by atoms with van der Waals surface area (Å²) < 4.78 is 1.77. The van der Waals surface area contributed by atoms with Gasteiger partial charge in [-0.3, -0.25) is 9.58 Å². The van der Waals surface area contributed by atoms with E-state index in [4.69, 9.17) is 4.99 Å². The molecule has 1 saturated heterocycles. The number of piperidine rings is 1. The lowest BCUT2D eigenvalue weighted by atomic mass is 9.99. The first-order chi connectivity index (χ1) is 13.7. The van der Waals surface area contributed by atoms with E-state index in [2.05, 4.69) is 63.7 Å². The van der Waals surface area contributed by atoms with Crippen LogP contribution in [-0.2, 0) is 26.7 Å². The Balaban J connectivity index is 0.00000300. The Morgan fingerprint density at radius 2 is 2.03 bits per heavy atom. The van der Waals surface area contributed by atoms with Crippen molar-refractivity contribution in [1.82, 2.24) is 30.3 Å². The van der Waals surface area contributed by atoms with Crippen LogP contribution in [0.25, 0.3) is 0 Å². The van der Waals surface area contributed by atoms with Crippen LogP contribution in [0.1, 0.15) is 43.6 Å². The molecule has 2 heterocycles. The molecule has 0 amide bonds. The third kappa shape index (κ3) is 7.26. The van der Waals surface area contributed by atoms with Crippen LogP contribution in [0.2, 0.25) is 0 Å². The highest BCUT2D eigenvalue weighted by atomic mass is 127. The quantitative estimate of drug-likeness (QED) is 0.340. The minimum atomic E-state index is 0. The SMILES string of the molecule is CCNC(=NCc1ccccc1CN1CCCC(C)C1)NCc1ncnn1C.I. The van der Waals surface area contributed by atoms with Crippen molar-refractivity contribution in [1.29, 1.82) is 0 Å². The van der Waals surface area contributed by atoms with E-state index in [1.165, 1.54) is 37.1 Å². The zero-order valence-electron chi connectivity index (χ0n) is 17.8. The van der Waals surface area contributed by atoms with Gasteiger partial charge >= 0.3 is 0 Å². The van der Waals surface area contributed by atoms with Gasteiger partial charge in [-0.15, -0.1) is 24.0 Å². The fourth-order valence-electron chi connectivity index (χ4n) is 3.69. The number of guanidine groups is 1. The number of rotatable bonds is 7. The molecule has 1 atom stereocenters. The number of hydrogen-bond acceptors (Lipinski definition) is 4. The van der Waals surface area contributed by atoms with Gasteiger partial charge in [-0.25, -0.2) is 9.98 Å². The number of aryl methyl sites for hydroxylation is 1. The molecule has 1 unspecified atom stereocenters. The fraction of sp³-hybridized carbons (Fsp3) is 0.571. The van der Waals surface area contributed by atoms with Crippen molar-refractivity contribution in [3.8, 4) is 0 Å². The average Bonchev–Trinajstić information content (AvgIpc) is 3.10. The van der Waals surface area contributed by atoms with Crippen molar-refractivity contribution in [3.63, 3.8) is 0 Å². The molecule has 1 aliphatic rings. The molecule has 3 rings (SSSR count). The van der Waals surface area contributed by atoms with Crippen LogP contribution in [-0.4, -0.2) is 45.3 Å². The largest absolute Gasteiger partial charge is 0.357 e. The minimum absolute atomic E-state index is 0. The monoisotopic (exact) mass is 511 g/mol. The molecule has 29 heavy (non-hydrogen) atoms. The van der Waals surface area contributed by atoms with Crippen LogP contribution in [0.5, 0.6) is 0 Å². The van der Waals surface area contributed by atoms with E-state index in [1.807, 2.05) is 7.05 Å². The van der Waals surface area contributed by atoms with Gasteiger partial charge in [0.15, 0.2) is 5.96 Å². The summed E-state index contributed by atoms with van der Waals surface area (Å²) in [5, 5.41) is 10.8. The first-order valence-electron chi connectivity index (χ1n) is 10.3. The average molecular weight is 511 g/mol. The number of aromatic nitrogens is 3. The minimum Gasteiger partial charge on any atom is -0.357 e. The lowest BCUT2D eigenvalue weighted by Gasteiger charge is -2.31. The molecule has 1 aliphatic heterocycles. The molecule has 0 saturated carbocycles. The van der Waals surface area contributed by atoms with E-state index >= 15 is 0 Å². The first kappa shape index (κ1) is 23.6. The number of aliphatic imine (C=N–C) groups is 1. The summed E-state index contributed by atoms with van der Waals surface area (Å²) in [7, 11) is 1.89. The van der Waals surface area contributed by atoms with Gasteiger partial charge < -0.3 is 10.6 Å². The van der Waals surface area contributed by atoms with Gasteiger partial charge in [0.25, 0.3) is 0 Å². The molecule has 8 heteroatoms. The Hall–Kier alpha value is -1.68. The maximum atomic E-state index is 4.80.